The summed E-state index contributed by atoms with van der Waals surface area (Å²) in [4.78, 5) is 1.40. The van der Waals surface area contributed by atoms with Crippen LogP contribution in [0.25, 0.3) is 0 Å². The standard InChI is InChI=1S/C13H21NS/c1-11-7-5-6-8-12(11)15-10-9-14-13(2,3)4/h5-8,14H,9-10H2,1-4H3. The van der Waals surface area contributed by atoms with Crippen molar-refractivity contribution >= 4 is 11.8 Å². The van der Waals surface area contributed by atoms with Crippen LogP contribution in [0.1, 0.15) is 26.3 Å². The first-order valence-electron chi connectivity index (χ1n) is 5.42. The molecule has 1 aromatic carbocycles. The van der Waals surface area contributed by atoms with Crippen LogP contribution in [-0.2, 0) is 0 Å². The Hall–Kier alpha value is -0.470. The number of rotatable bonds is 4. The molecular weight excluding hydrogens is 202 g/mol. The SMILES string of the molecule is Cc1ccccc1SCCNC(C)(C)C. The lowest BCUT2D eigenvalue weighted by Gasteiger charge is -2.20. The molecule has 0 aliphatic heterocycles. The van der Waals surface area contributed by atoms with Gasteiger partial charge in [0.2, 0.25) is 0 Å². The molecule has 0 aliphatic rings. The van der Waals surface area contributed by atoms with E-state index >= 15 is 0 Å². The molecule has 1 aromatic rings. The average molecular weight is 223 g/mol. The molecular formula is C13H21NS. The van der Waals surface area contributed by atoms with Crippen molar-refractivity contribution in [2.75, 3.05) is 12.3 Å². The molecule has 2 heteroatoms. The fraction of sp³-hybridized carbons (Fsp3) is 0.538. The van der Waals surface area contributed by atoms with Crippen LogP contribution in [0.4, 0.5) is 0 Å². The van der Waals surface area contributed by atoms with E-state index in [1.54, 1.807) is 0 Å². The quantitative estimate of drug-likeness (QED) is 0.619. The predicted molar refractivity (Wildman–Crippen MR) is 69.7 cm³/mol. The third kappa shape index (κ3) is 5.24. The zero-order valence-corrected chi connectivity index (χ0v) is 10.9. The van der Waals surface area contributed by atoms with Gasteiger partial charge in [0, 0.05) is 22.7 Å². The summed E-state index contributed by atoms with van der Waals surface area (Å²) in [5, 5.41) is 3.49. The maximum absolute atomic E-state index is 3.49. The highest BCUT2D eigenvalue weighted by molar-refractivity contribution is 7.99. The van der Waals surface area contributed by atoms with Gasteiger partial charge in [-0.05, 0) is 39.3 Å². The van der Waals surface area contributed by atoms with E-state index in [0.29, 0.717) is 0 Å². The average Bonchev–Trinajstić information content (AvgIpc) is 2.13. The summed E-state index contributed by atoms with van der Waals surface area (Å²) in [6.07, 6.45) is 0. The van der Waals surface area contributed by atoms with Crippen LogP contribution in [0.5, 0.6) is 0 Å². The molecule has 0 spiro atoms. The molecule has 0 aliphatic carbocycles. The number of hydrogen-bond donors (Lipinski definition) is 1. The van der Waals surface area contributed by atoms with Gasteiger partial charge in [0.05, 0.1) is 0 Å². The fourth-order valence-electron chi connectivity index (χ4n) is 1.31. The third-order valence-electron chi connectivity index (χ3n) is 2.11. The first kappa shape index (κ1) is 12.6. The van der Waals surface area contributed by atoms with Crippen molar-refractivity contribution < 1.29 is 0 Å². The van der Waals surface area contributed by atoms with Crippen molar-refractivity contribution in [2.45, 2.75) is 38.1 Å². The van der Waals surface area contributed by atoms with Gasteiger partial charge in [-0.15, -0.1) is 11.8 Å². The minimum atomic E-state index is 0.228. The molecule has 0 atom stereocenters. The van der Waals surface area contributed by atoms with Gasteiger partial charge in [-0.2, -0.15) is 0 Å². The topological polar surface area (TPSA) is 12.0 Å². The summed E-state index contributed by atoms with van der Waals surface area (Å²) in [6, 6.07) is 8.55. The summed E-state index contributed by atoms with van der Waals surface area (Å²) in [6.45, 7) is 9.82. The molecule has 84 valence electrons. The normalized spacial score (nSPS) is 11.7. The van der Waals surface area contributed by atoms with E-state index in [9.17, 15) is 0 Å². The molecule has 0 saturated carbocycles. The Labute approximate surface area is 97.7 Å². The predicted octanol–water partition coefficient (Wildman–Crippen LogP) is 3.48. The van der Waals surface area contributed by atoms with E-state index in [-0.39, 0.29) is 5.54 Å². The Kier molecular flexibility index (Phi) is 4.68. The number of aryl methyl sites for hydroxylation is 1. The molecule has 15 heavy (non-hydrogen) atoms. The zero-order valence-electron chi connectivity index (χ0n) is 10.1. The molecule has 0 fully saturated rings. The highest BCUT2D eigenvalue weighted by Crippen LogP contribution is 2.21. The summed E-state index contributed by atoms with van der Waals surface area (Å²) >= 11 is 1.93. The highest BCUT2D eigenvalue weighted by Gasteiger charge is 2.07. The van der Waals surface area contributed by atoms with Crippen LogP contribution in [0, 0.1) is 6.92 Å². The van der Waals surface area contributed by atoms with Crippen molar-refractivity contribution in [1.29, 1.82) is 0 Å². The molecule has 1 nitrogen and oxygen atoms in total. The molecule has 1 N–H and O–H groups in total. The third-order valence-corrected chi connectivity index (χ3v) is 3.29. The van der Waals surface area contributed by atoms with Gasteiger partial charge in [0.25, 0.3) is 0 Å². The molecule has 0 amide bonds. The monoisotopic (exact) mass is 223 g/mol. The van der Waals surface area contributed by atoms with Gasteiger partial charge in [-0.25, -0.2) is 0 Å². The van der Waals surface area contributed by atoms with Crippen LogP contribution in [0.15, 0.2) is 29.2 Å². The van der Waals surface area contributed by atoms with E-state index < -0.39 is 0 Å². The Bertz CT molecular complexity index is 302. The van der Waals surface area contributed by atoms with Crippen LogP contribution < -0.4 is 5.32 Å². The molecule has 0 heterocycles. The van der Waals surface area contributed by atoms with Crippen molar-refractivity contribution in [2.24, 2.45) is 0 Å². The van der Waals surface area contributed by atoms with E-state index in [1.165, 1.54) is 10.5 Å². The molecule has 0 radical (unpaired) electrons. The van der Waals surface area contributed by atoms with Crippen molar-refractivity contribution in [1.82, 2.24) is 5.32 Å². The van der Waals surface area contributed by atoms with Crippen molar-refractivity contribution in [3.63, 3.8) is 0 Å². The van der Waals surface area contributed by atoms with Gasteiger partial charge in [0.1, 0.15) is 0 Å². The number of thioether (sulfide) groups is 1. The minimum Gasteiger partial charge on any atom is -0.311 e. The summed E-state index contributed by atoms with van der Waals surface area (Å²) < 4.78 is 0. The molecule has 0 aromatic heterocycles. The maximum atomic E-state index is 3.49. The van der Waals surface area contributed by atoms with Crippen molar-refractivity contribution in [3.8, 4) is 0 Å². The Balaban J connectivity index is 2.30. The van der Waals surface area contributed by atoms with E-state index in [0.717, 1.165) is 12.3 Å². The van der Waals surface area contributed by atoms with Gasteiger partial charge in [0.15, 0.2) is 0 Å². The molecule has 1 rings (SSSR count). The van der Waals surface area contributed by atoms with Crippen LogP contribution >= 0.6 is 11.8 Å². The molecule has 0 unspecified atom stereocenters. The summed E-state index contributed by atoms with van der Waals surface area (Å²) in [5.41, 5.74) is 1.60. The second kappa shape index (κ2) is 5.57. The zero-order chi connectivity index (χ0) is 11.3. The first-order chi connectivity index (χ1) is 6.99. The smallest absolute Gasteiger partial charge is 0.0106 e. The molecule has 0 bridgehead atoms. The van der Waals surface area contributed by atoms with E-state index in [1.807, 2.05) is 11.8 Å². The summed E-state index contributed by atoms with van der Waals surface area (Å²) in [7, 11) is 0. The van der Waals surface area contributed by atoms with E-state index in [4.69, 9.17) is 0 Å². The van der Waals surface area contributed by atoms with Gasteiger partial charge in [-0.1, -0.05) is 18.2 Å². The highest BCUT2D eigenvalue weighted by atomic mass is 32.2. The summed E-state index contributed by atoms with van der Waals surface area (Å²) in [5.74, 6) is 1.13. The van der Waals surface area contributed by atoms with Crippen LogP contribution in [0.2, 0.25) is 0 Å². The van der Waals surface area contributed by atoms with Gasteiger partial charge >= 0.3 is 0 Å². The lowest BCUT2D eigenvalue weighted by molar-refractivity contribution is 0.441. The Morgan fingerprint density at radius 1 is 1.20 bits per heavy atom. The lowest BCUT2D eigenvalue weighted by atomic mass is 10.1. The van der Waals surface area contributed by atoms with Gasteiger partial charge in [-0.3, -0.25) is 0 Å². The largest absolute Gasteiger partial charge is 0.311 e. The second-order valence-corrected chi connectivity index (χ2v) is 5.93. The van der Waals surface area contributed by atoms with Crippen molar-refractivity contribution in [3.05, 3.63) is 29.8 Å². The number of benzene rings is 1. The molecule has 0 saturated heterocycles. The fourth-order valence-corrected chi connectivity index (χ4v) is 2.20. The van der Waals surface area contributed by atoms with Crippen LogP contribution in [-0.4, -0.2) is 17.8 Å². The lowest BCUT2D eigenvalue weighted by Crippen LogP contribution is -2.37. The maximum Gasteiger partial charge on any atom is 0.0106 e. The van der Waals surface area contributed by atoms with Crippen LogP contribution in [0.3, 0.4) is 0 Å². The Morgan fingerprint density at radius 3 is 2.47 bits per heavy atom. The van der Waals surface area contributed by atoms with Gasteiger partial charge < -0.3 is 5.32 Å². The minimum absolute atomic E-state index is 0.228. The number of hydrogen-bond acceptors (Lipinski definition) is 2. The second-order valence-electron chi connectivity index (χ2n) is 4.79. The van der Waals surface area contributed by atoms with E-state index in [2.05, 4.69) is 57.3 Å². The first-order valence-corrected chi connectivity index (χ1v) is 6.41. The number of nitrogens with one attached hydrogen (secondary N) is 1. The Morgan fingerprint density at radius 2 is 1.87 bits per heavy atom.